The summed E-state index contributed by atoms with van der Waals surface area (Å²) in [5.74, 6) is 1.62. The Bertz CT molecular complexity index is 2520. The molecule has 3 atom stereocenters. The Labute approximate surface area is 341 Å². The SMILES string of the molecule is CC1(C)Oc2cnc(Nc3ccc(S(N)(=O)=O)cn3)nc2N(C2CCC(C[C@]3(C)Oc4cnc(Nc5ccc(NS(C)(=O)=O)cc5)nc4N(C4CCCC4)C3=O)C2)C1=O. The predicted octanol–water partition coefficient (Wildman–Crippen LogP) is 4.36. The lowest BCUT2D eigenvalue weighted by atomic mass is 9.87. The molecule has 4 aromatic rings. The summed E-state index contributed by atoms with van der Waals surface area (Å²) < 4.78 is 61.7. The first kappa shape index (κ1) is 40.1. The molecule has 2 unspecified atom stereocenters. The Morgan fingerprint density at radius 2 is 1.36 bits per heavy atom. The number of fused-ring (bicyclic) bond motifs is 2. The van der Waals surface area contributed by atoms with Crippen molar-refractivity contribution in [2.24, 2.45) is 11.1 Å². The second-order valence-electron chi connectivity index (χ2n) is 16.2. The van der Waals surface area contributed by atoms with Crippen molar-refractivity contribution in [3.63, 3.8) is 0 Å². The topological polar surface area (TPSA) is 254 Å². The number of ether oxygens (including phenoxy) is 2. The van der Waals surface area contributed by atoms with E-state index in [0.29, 0.717) is 53.8 Å². The molecule has 59 heavy (non-hydrogen) atoms. The van der Waals surface area contributed by atoms with Crippen molar-refractivity contribution in [2.45, 2.75) is 100 Å². The van der Waals surface area contributed by atoms with Crippen molar-refractivity contribution in [3.8, 4) is 11.5 Å². The standard InChI is InChI=1S/C38H45N11O8S2/c1-37(2)33(50)49(31-28(56-37)20-42-36(46-31)44-30-16-15-27(19-40-30)59(39,54)55)26-14-9-22(17-26)18-38(3)34(51)48(25-7-5-6-8-25)32-29(57-38)21-41-35(45-32)43-23-10-12-24(13-11-23)47-58(4,52)53/h10-13,15-16,19-22,25-26,47H,5-9,14,17-18H2,1-4H3,(H2,39,54,55)(H,41,43,45)(H,40,42,44,46)/t22?,26?,38-/m0/s1. The summed E-state index contributed by atoms with van der Waals surface area (Å²) in [6.45, 7) is 5.21. The quantitative estimate of drug-likeness (QED) is 0.164. The van der Waals surface area contributed by atoms with Gasteiger partial charge in [-0.2, -0.15) is 9.97 Å². The van der Waals surface area contributed by atoms with Crippen LogP contribution in [-0.2, 0) is 29.6 Å². The number of pyridine rings is 1. The van der Waals surface area contributed by atoms with Crippen molar-refractivity contribution in [1.29, 1.82) is 0 Å². The molecule has 5 N–H and O–H groups in total. The second-order valence-corrected chi connectivity index (χ2v) is 19.5. The number of primary sulfonamides is 1. The number of anilines is 7. The first-order chi connectivity index (χ1) is 27.8. The van der Waals surface area contributed by atoms with Gasteiger partial charge in [-0.25, -0.2) is 36.9 Å². The summed E-state index contributed by atoms with van der Waals surface area (Å²) in [4.78, 5) is 54.4. The van der Waals surface area contributed by atoms with Crippen LogP contribution in [-0.4, -0.2) is 83.1 Å². The third-order valence-corrected chi connectivity index (χ3v) is 12.5. The number of amides is 2. The minimum absolute atomic E-state index is 0.00567. The van der Waals surface area contributed by atoms with Gasteiger partial charge in [-0.05, 0) is 102 Å². The predicted molar refractivity (Wildman–Crippen MR) is 218 cm³/mol. The van der Waals surface area contributed by atoms with Crippen LogP contribution in [0.25, 0.3) is 0 Å². The minimum atomic E-state index is -3.93. The van der Waals surface area contributed by atoms with E-state index in [1.165, 1.54) is 18.3 Å². The van der Waals surface area contributed by atoms with Crippen molar-refractivity contribution in [3.05, 3.63) is 55.0 Å². The number of rotatable bonds is 11. The number of nitrogens with one attached hydrogen (secondary N) is 3. The third-order valence-electron chi connectivity index (χ3n) is 11.0. The number of hydrogen-bond donors (Lipinski definition) is 4. The fourth-order valence-electron chi connectivity index (χ4n) is 8.37. The van der Waals surface area contributed by atoms with E-state index in [-0.39, 0.29) is 52.4 Å². The summed E-state index contributed by atoms with van der Waals surface area (Å²) in [7, 11) is -7.35. The molecule has 0 bridgehead atoms. The fourth-order valence-corrected chi connectivity index (χ4v) is 9.39. The number of nitrogens with two attached hydrogens (primary N) is 1. The number of aromatic nitrogens is 5. The van der Waals surface area contributed by atoms with E-state index < -0.39 is 31.2 Å². The zero-order valence-corrected chi connectivity index (χ0v) is 34.5. The van der Waals surface area contributed by atoms with Gasteiger partial charge in [0.15, 0.2) is 34.3 Å². The average Bonchev–Trinajstić information content (AvgIpc) is 3.86. The Hall–Kier alpha value is -5.67. The van der Waals surface area contributed by atoms with Gasteiger partial charge in [0.25, 0.3) is 11.8 Å². The number of benzene rings is 1. The summed E-state index contributed by atoms with van der Waals surface area (Å²) in [6, 6.07) is 9.06. The number of carbonyl (C=O) groups excluding carboxylic acids is 2. The third kappa shape index (κ3) is 8.31. The molecule has 5 heterocycles. The smallest absolute Gasteiger partial charge is 0.272 e. The number of hydrogen-bond acceptors (Lipinski definition) is 15. The maximum Gasteiger partial charge on any atom is 0.272 e. The lowest BCUT2D eigenvalue weighted by Gasteiger charge is -2.43. The maximum absolute atomic E-state index is 14.7. The van der Waals surface area contributed by atoms with Crippen LogP contribution in [0.5, 0.6) is 11.5 Å². The van der Waals surface area contributed by atoms with E-state index >= 15 is 0 Å². The van der Waals surface area contributed by atoms with E-state index in [2.05, 4.69) is 35.3 Å². The highest BCUT2D eigenvalue weighted by Gasteiger charge is 2.52. The van der Waals surface area contributed by atoms with Gasteiger partial charge >= 0.3 is 0 Å². The molecule has 3 aromatic heterocycles. The molecule has 2 saturated carbocycles. The van der Waals surface area contributed by atoms with Gasteiger partial charge in [0.2, 0.25) is 31.9 Å². The zero-order chi connectivity index (χ0) is 41.9. The molecule has 19 nitrogen and oxygen atoms in total. The molecule has 2 fully saturated rings. The molecule has 0 radical (unpaired) electrons. The normalized spacial score (nSPS) is 22.9. The first-order valence-electron chi connectivity index (χ1n) is 19.3. The van der Waals surface area contributed by atoms with Crippen molar-refractivity contribution >= 4 is 72.6 Å². The molecule has 2 aliphatic carbocycles. The minimum Gasteiger partial charge on any atom is -0.472 e. The Morgan fingerprint density at radius 1 is 0.746 bits per heavy atom. The van der Waals surface area contributed by atoms with Crippen LogP contribution >= 0.6 is 0 Å². The Balaban J connectivity index is 1.01. The van der Waals surface area contributed by atoms with Gasteiger partial charge in [0.1, 0.15) is 10.7 Å². The molecule has 2 aliphatic heterocycles. The molecule has 0 saturated heterocycles. The van der Waals surface area contributed by atoms with Crippen molar-refractivity contribution in [2.75, 3.05) is 31.4 Å². The van der Waals surface area contributed by atoms with Crippen LogP contribution in [0, 0.1) is 5.92 Å². The fraction of sp³-hybridized carbons (Fsp3) is 0.447. The monoisotopic (exact) mass is 847 g/mol. The van der Waals surface area contributed by atoms with Crippen molar-refractivity contribution < 1.29 is 35.9 Å². The number of carbonyl (C=O) groups is 2. The molecule has 8 rings (SSSR count). The van der Waals surface area contributed by atoms with Gasteiger partial charge in [-0.3, -0.25) is 24.1 Å². The van der Waals surface area contributed by atoms with E-state index in [4.69, 9.17) is 19.6 Å². The number of nitrogens with zero attached hydrogens (tertiary/aromatic N) is 7. The van der Waals surface area contributed by atoms with Crippen LogP contribution in [0.2, 0.25) is 0 Å². The molecular weight excluding hydrogens is 803 g/mol. The van der Waals surface area contributed by atoms with Crippen LogP contribution < -0.4 is 39.8 Å². The highest BCUT2D eigenvalue weighted by molar-refractivity contribution is 7.92. The lowest BCUT2D eigenvalue weighted by molar-refractivity contribution is -0.136. The summed E-state index contributed by atoms with van der Waals surface area (Å²) in [5, 5.41) is 11.3. The van der Waals surface area contributed by atoms with E-state index in [0.717, 1.165) is 44.6 Å². The summed E-state index contributed by atoms with van der Waals surface area (Å²) >= 11 is 0. The van der Waals surface area contributed by atoms with Crippen LogP contribution in [0.4, 0.5) is 40.7 Å². The van der Waals surface area contributed by atoms with Gasteiger partial charge in [0.05, 0.1) is 18.6 Å². The van der Waals surface area contributed by atoms with Crippen LogP contribution in [0.3, 0.4) is 0 Å². The molecule has 0 spiro atoms. The van der Waals surface area contributed by atoms with Crippen LogP contribution in [0.15, 0.2) is 59.9 Å². The highest BCUT2D eigenvalue weighted by Crippen LogP contribution is 2.47. The van der Waals surface area contributed by atoms with E-state index in [9.17, 15) is 26.4 Å². The van der Waals surface area contributed by atoms with E-state index in [1.807, 2.05) is 6.92 Å². The summed E-state index contributed by atoms with van der Waals surface area (Å²) in [5.41, 5.74) is -1.39. The Morgan fingerprint density at radius 3 is 1.97 bits per heavy atom. The van der Waals surface area contributed by atoms with Gasteiger partial charge in [0, 0.05) is 29.7 Å². The lowest BCUT2D eigenvalue weighted by Crippen LogP contribution is -2.58. The average molecular weight is 848 g/mol. The largest absolute Gasteiger partial charge is 0.472 e. The molecule has 1 aromatic carbocycles. The zero-order valence-electron chi connectivity index (χ0n) is 32.9. The van der Waals surface area contributed by atoms with Gasteiger partial charge < -0.3 is 20.1 Å². The molecule has 21 heteroatoms. The molecule has 4 aliphatic rings. The molecule has 2 amide bonds. The van der Waals surface area contributed by atoms with E-state index in [1.54, 1.807) is 54.1 Å². The van der Waals surface area contributed by atoms with Gasteiger partial charge in [-0.1, -0.05) is 12.8 Å². The number of sulfonamides is 2. The summed E-state index contributed by atoms with van der Waals surface area (Å²) in [6.07, 6.45) is 11.2. The second kappa shape index (κ2) is 14.9. The van der Waals surface area contributed by atoms with Gasteiger partial charge in [-0.15, -0.1) is 0 Å². The molecular formula is C38H45N11O8S2. The first-order valence-corrected chi connectivity index (χ1v) is 22.7. The Kier molecular flexibility index (Phi) is 10.1. The van der Waals surface area contributed by atoms with Crippen LogP contribution in [0.1, 0.15) is 72.1 Å². The van der Waals surface area contributed by atoms with Crippen molar-refractivity contribution in [1.82, 2.24) is 24.9 Å². The highest BCUT2D eigenvalue weighted by atomic mass is 32.2. The molecule has 312 valence electrons. The maximum atomic E-state index is 14.7.